The van der Waals surface area contributed by atoms with Gasteiger partial charge in [0.15, 0.2) is 5.69 Å². The van der Waals surface area contributed by atoms with Gasteiger partial charge in [-0.05, 0) is 37.1 Å². The van der Waals surface area contributed by atoms with Crippen LogP contribution in [0.3, 0.4) is 0 Å². The average Bonchev–Trinajstić information content (AvgIpc) is 3.32. The quantitative estimate of drug-likeness (QED) is 0.751. The molecule has 0 spiro atoms. The molecule has 1 aromatic carbocycles. The van der Waals surface area contributed by atoms with E-state index in [4.69, 9.17) is 0 Å². The van der Waals surface area contributed by atoms with Crippen LogP contribution >= 0.6 is 0 Å². The number of rotatable bonds is 5. The number of carbonyl (C=O) groups is 3. The summed E-state index contributed by atoms with van der Waals surface area (Å²) >= 11 is 0. The van der Waals surface area contributed by atoms with E-state index in [1.807, 2.05) is 0 Å². The minimum Gasteiger partial charge on any atom is -0.355 e. The fourth-order valence-corrected chi connectivity index (χ4v) is 3.16. The Morgan fingerprint density at radius 3 is 2.33 bits per heavy atom. The van der Waals surface area contributed by atoms with Gasteiger partial charge >= 0.3 is 0 Å². The molecule has 3 rings (SSSR count). The van der Waals surface area contributed by atoms with Crippen LogP contribution in [-0.4, -0.2) is 34.5 Å². The van der Waals surface area contributed by atoms with E-state index in [9.17, 15) is 14.4 Å². The van der Waals surface area contributed by atoms with Gasteiger partial charge in [0.2, 0.25) is 5.91 Å². The molecule has 27 heavy (non-hydrogen) atoms. The molecule has 1 fully saturated rings. The van der Waals surface area contributed by atoms with Crippen LogP contribution in [-0.2, 0) is 11.8 Å². The summed E-state index contributed by atoms with van der Waals surface area (Å²) in [7, 11) is 3.24. The minimum atomic E-state index is -0.389. The Kier molecular flexibility index (Phi) is 5.54. The molecule has 0 saturated heterocycles. The van der Waals surface area contributed by atoms with E-state index in [2.05, 4.69) is 21.0 Å². The Balaban J connectivity index is 1.65. The topological polar surface area (TPSA) is 105 Å². The van der Waals surface area contributed by atoms with Crippen LogP contribution < -0.4 is 16.0 Å². The molecule has 1 aliphatic carbocycles. The Hall–Kier alpha value is -3.16. The van der Waals surface area contributed by atoms with Crippen molar-refractivity contribution in [2.24, 2.45) is 13.0 Å². The lowest BCUT2D eigenvalue weighted by atomic mass is 10.1. The highest BCUT2D eigenvalue weighted by atomic mass is 16.2. The van der Waals surface area contributed by atoms with Gasteiger partial charge in [-0.3, -0.25) is 19.1 Å². The van der Waals surface area contributed by atoms with Crippen LogP contribution in [0.15, 0.2) is 30.3 Å². The molecule has 0 aliphatic heterocycles. The van der Waals surface area contributed by atoms with E-state index in [1.54, 1.807) is 44.4 Å². The van der Waals surface area contributed by atoms with Crippen molar-refractivity contribution in [1.29, 1.82) is 0 Å². The fourth-order valence-electron chi connectivity index (χ4n) is 3.16. The second-order valence-corrected chi connectivity index (χ2v) is 6.62. The van der Waals surface area contributed by atoms with E-state index >= 15 is 0 Å². The SMILES string of the molecule is CNC(=O)c1ccc(NC(=O)c2cc(NC(=O)C3CCCC3)n(C)n2)cc1. The molecule has 3 amide bonds. The summed E-state index contributed by atoms with van der Waals surface area (Å²) in [5.74, 6) is -0.0739. The largest absolute Gasteiger partial charge is 0.355 e. The molecule has 2 aromatic rings. The van der Waals surface area contributed by atoms with Gasteiger partial charge in [0, 0.05) is 37.3 Å². The van der Waals surface area contributed by atoms with Gasteiger partial charge in [0.1, 0.15) is 5.82 Å². The van der Waals surface area contributed by atoms with Crippen molar-refractivity contribution < 1.29 is 14.4 Å². The van der Waals surface area contributed by atoms with Crippen molar-refractivity contribution in [2.45, 2.75) is 25.7 Å². The molecule has 0 unspecified atom stereocenters. The van der Waals surface area contributed by atoms with Gasteiger partial charge in [-0.1, -0.05) is 12.8 Å². The third-order valence-corrected chi connectivity index (χ3v) is 4.72. The van der Waals surface area contributed by atoms with Crippen LogP contribution in [0.2, 0.25) is 0 Å². The van der Waals surface area contributed by atoms with Crippen molar-refractivity contribution in [3.8, 4) is 0 Å². The second kappa shape index (κ2) is 8.03. The lowest BCUT2D eigenvalue weighted by Gasteiger charge is -2.09. The predicted molar refractivity (Wildman–Crippen MR) is 102 cm³/mol. The molecule has 1 aromatic heterocycles. The summed E-state index contributed by atoms with van der Waals surface area (Å²) in [6, 6.07) is 8.10. The Morgan fingerprint density at radius 1 is 1.04 bits per heavy atom. The highest BCUT2D eigenvalue weighted by molar-refractivity contribution is 6.04. The molecular weight excluding hydrogens is 346 g/mol. The van der Waals surface area contributed by atoms with Crippen LogP contribution in [0, 0.1) is 5.92 Å². The standard InChI is InChI=1S/C19H23N5O3/c1-20-17(25)13-7-9-14(10-8-13)21-19(27)15-11-16(24(2)23-15)22-18(26)12-5-3-4-6-12/h7-12H,3-6H2,1-2H3,(H,20,25)(H,21,27)(H,22,26). The molecule has 0 bridgehead atoms. The lowest BCUT2D eigenvalue weighted by Crippen LogP contribution is -2.21. The number of nitrogens with one attached hydrogen (secondary N) is 3. The predicted octanol–water partition coefficient (Wildman–Crippen LogP) is 2.16. The van der Waals surface area contributed by atoms with Crippen LogP contribution in [0.5, 0.6) is 0 Å². The zero-order valence-corrected chi connectivity index (χ0v) is 15.4. The van der Waals surface area contributed by atoms with E-state index in [0.29, 0.717) is 17.1 Å². The maximum absolute atomic E-state index is 12.4. The highest BCUT2D eigenvalue weighted by Gasteiger charge is 2.24. The molecular formula is C19H23N5O3. The molecule has 3 N–H and O–H groups in total. The molecule has 0 atom stereocenters. The lowest BCUT2D eigenvalue weighted by molar-refractivity contribution is -0.119. The van der Waals surface area contributed by atoms with E-state index < -0.39 is 0 Å². The first-order valence-electron chi connectivity index (χ1n) is 8.96. The molecule has 1 heterocycles. The van der Waals surface area contributed by atoms with Gasteiger partial charge in [0.05, 0.1) is 0 Å². The number of aryl methyl sites for hydroxylation is 1. The Labute approximate surface area is 157 Å². The first kappa shape index (κ1) is 18.6. The number of aromatic nitrogens is 2. The summed E-state index contributed by atoms with van der Waals surface area (Å²) in [4.78, 5) is 36.2. The van der Waals surface area contributed by atoms with E-state index in [0.717, 1.165) is 25.7 Å². The number of hydrogen-bond acceptors (Lipinski definition) is 4. The van der Waals surface area contributed by atoms with Gasteiger partial charge < -0.3 is 16.0 Å². The Bertz CT molecular complexity index is 851. The third-order valence-electron chi connectivity index (χ3n) is 4.72. The van der Waals surface area contributed by atoms with Crippen molar-refractivity contribution in [3.63, 3.8) is 0 Å². The number of nitrogens with zero attached hydrogens (tertiary/aromatic N) is 2. The van der Waals surface area contributed by atoms with Gasteiger partial charge in [-0.25, -0.2) is 0 Å². The average molecular weight is 369 g/mol. The molecule has 8 nitrogen and oxygen atoms in total. The third kappa shape index (κ3) is 4.33. The first-order valence-corrected chi connectivity index (χ1v) is 8.96. The number of anilines is 2. The number of amides is 3. The summed E-state index contributed by atoms with van der Waals surface area (Å²) in [6.45, 7) is 0. The summed E-state index contributed by atoms with van der Waals surface area (Å²) < 4.78 is 1.48. The van der Waals surface area contributed by atoms with Gasteiger partial charge in [-0.15, -0.1) is 0 Å². The van der Waals surface area contributed by atoms with Crippen LogP contribution in [0.4, 0.5) is 11.5 Å². The Morgan fingerprint density at radius 2 is 1.70 bits per heavy atom. The van der Waals surface area contributed by atoms with Crippen molar-refractivity contribution in [3.05, 3.63) is 41.6 Å². The molecule has 8 heteroatoms. The molecule has 142 valence electrons. The van der Waals surface area contributed by atoms with Crippen molar-refractivity contribution >= 4 is 29.2 Å². The maximum Gasteiger partial charge on any atom is 0.276 e. The second-order valence-electron chi connectivity index (χ2n) is 6.62. The van der Waals surface area contributed by atoms with E-state index in [-0.39, 0.29) is 29.3 Å². The number of carbonyl (C=O) groups excluding carboxylic acids is 3. The zero-order valence-electron chi connectivity index (χ0n) is 15.4. The highest BCUT2D eigenvalue weighted by Crippen LogP contribution is 2.26. The minimum absolute atomic E-state index is 0.0211. The van der Waals surface area contributed by atoms with E-state index in [1.165, 1.54) is 4.68 Å². The van der Waals surface area contributed by atoms with Crippen molar-refractivity contribution in [1.82, 2.24) is 15.1 Å². The monoisotopic (exact) mass is 369 g/mol. The zero-order chi connectivity index (χ0) is 19.4. The van der Waals surface area contributed by atoms with Crippen LogP contribution in [0.1, 0.15) is 46.5 Å². The maximum atomic E-state index is 12.4. The fraction of sp³-hybridized carbons (Fsp3) is 0.368. The molecule has 1 aliphatic rings. The van der Waals surface area contributed by atoms with Gasteiger partial charge in [-0.2, -0.15) is 5.10 Å². The summed E-state index contributed by atoms with van der Waals surface area (Å²) in [5, 5.41) is 12.3. The molecule has 1 saturated carbocycles. The van der Waals surface area contributed by atoms with Crippen molar-refractivity contribution in [2.75, 3.05) is 17.7 Å². The summed E-state index contributed by atoms with van der Waals surface area (Å²) in [6.07, 6.45) is 3.97. The number of hydrogen-bond donors (Lipinski definition) is 3. The normalized spacial score (nSPS) is 14.0. The molecule has 0 radical (unpaired) electrons. The first-order chi connectivity index (χ1) is 13.0. The number of benzene rings is 1. The smallest absolute Gasteiger partial charge is 0.276 e. The summed E-state index contributed by atoms with van der Waals surface area (Å²) in [5.41, 5.74) is 1.26. The van der Waals surface area contributed by atoms with Gasteiger partial charge in [0.25, 0.3) is 11.8 Å². The van der Waals surface area contributed by atoms with Crippen LogP contribution in [0.25, 0.3) is 0 Å².